The third-order valence-electron chi connectivity index (χ3n) is 3.81. The number of hydrogen-bond donors (Lipinski definition) is 1. The molecule has 1 saturated heterocycles. The largest absolute Gasteiger partial charge is 0.404 e. The molecular weight excluding hydrogens is 244 g/mol. The molecule has 0 atom stereocenters. The van der Waals surface area contributed by atoms with Crippen molar-refractivity contribution in [2.45, 2.75) is 26.2 Å². The molecule has 106 valence electrons. The van der Waals surface area contributed by atoms with Crippen LogP contribution in [0.5, 0.6) is 0 Å². The summed E-state index contributed by atoms with van der Waals surface area (Å²) in [6.45, 7) is 8.15. The molecule has 0 bridgehead atoms. The summed E-state index contributed by atoms with van der Waals surface area (Å²) in [5, 5.41) is 0. The first-order valence-electron chi connectivity index (χ1n) is 7.32. The molecular formula is C18H24N2. The summed E-state index contributed by atoms with van der Waals surface area (Å²) in [5.74, 6) is 0. The average molecular weight is 268 g/mol. The molecule has 2 nitrogen and oxygen atoms in total. The van der Waals surface area contributed by atoms with Gasteiger partial charge in [0.2, 0.25) is 0 Å². The van der Waals surface area contributed by atoms with Crippen molar-refractivity contribution < 1.29 is 0 Å². The first-order chi connectivity index (χ1) is 9.74. The van der Waals surface area contributed by atoms with Crippen LogP contribution in [0.4, 0.5) is 5.69 Å². The molecule has 2 rings (SSSR count). The lowest BCUT2D eigenvalue weighted by Gasteiger charge is -2.28. The van der Waals surface area contributed by atoms with Gasteiger partial charge in [0.25, 0.3) is 0 Å². The number of anilines is 1. The van der Waals surface area contributed by atoms with Crippen LogP contribution in [0.2, 0.25) is 0 Å². The summed E-state index contributed by atoms with van der Waals surface area (Å²) >= 11 is 0. The lowest BCUT2D eigenvalue weighted by atomic mass is 10.0. The first-order valence-corrected chi connectivity index (χ1v) is 7.32. The predicted octanol–water partition coefficient (Wildman–Crippen LogP) is 4.11. The maximum Gasteiger partial charge on any atom is 0.0366 e. The number of allylic oxidation sites excluding steroid dienone is 4. The van der Waals surface area contributed by atoms with Crippen LogP contribution in [0, 0.1) is 0 Å². The molecule has 1 aromatic carbocycles. The van der Waals surface area contributed by atoms with Gasteiger partial charge < -0.3 is 10.6 Å². The Morgan fingerprint density at radius 1 is 1.15 bits per heavy atom. The van der Waals surface area contributed by atoms with Crippen molar-refractivity contribution in [1.82, 2.24) is 0 Å². The molecule has 1 aliphatic heterocycles. The topological polar surface area (TPSA) is 29.3 Å². The molecule has 0 amide bonds. The molecule has 0 spiro atoms. The van der Waals surface area contributed by atoms with Gasteiger partial charge in [0.15, 0.2) is 0 Å². The highest BCUT2D eigenvalue weighted by atomic mass is 15.1. The summed E-state index contributed by atoms with van der Waals surface area (Å²) in [6, 6.07) is 8.69. The Morgan fingerprint density at radius 2 is 1.80 bits per heavy atom. The fourth-order valence-corrected chi connectivity index (χ4v) is 2.55. The highest BCUT2D eigenvalue weighted by Gasteiger charge is 2.10. The zero-order chi connectivity index (χ0) is 14.4. The fraction of sp³-hybridized carbons (Fsp3) is 0.333. The second-order valence-corrected chi connectivity index (χ2v) is 5.31. The molecule has 0 aromatic heterocycles. The summed E-state index contributed by atoms with van der Waals surface area (Å²) in [4.78, 5) is 2.46. The number of nitrogens with two attached hydrogens (primary N) is 1. The quantitative estimate of drug-likeness (QED) is 0.833. The summed E-state index contributed by atoms with van der Waals surface area (Å²) in [5.41, 5.74) is 10.3. The van der Waals surface area contributed by atoms with E-state index in [4.69, 9.17) is 5.73 Å². The lowest BCUT2D eigenvalue weighted by Crippen LogP contribution is -2.29. The van der Waals surface area contributed by atoms with Crippen molar-refractivity contribution in [3.05, 3.63) is 60.3 Å². The van der Waals surface area contributed by atoms with Gasteiger partial charge in [-0.15, -0.1) is 0 Å². The smallest absolute Gasteiger partial charge is 0.0366 e. The third-order valence-corrected chi connectivity index (χ3v) is 3.81. The van der Waals surface area contributed by atoms with Crippen molar-refractivity contribution in [3.8, 4) is 0 Å². The van der Waals surface area contributed by atoms with Crippen molar-refractivity contribution in [2.24, 2.45) is 5.73 Å². The Bertz CT molecular complexity index is 503. The molecule has 2 N–H and O–H groups in total. The normalized spacial score (nSPS) is 17.1. The van der Waals surface area contributed by atoms with Crippen LogP contribution in [0.25, 0.3) is 5.57 Å². The SMILES string of the molecule is C=C/C(C)=C\C(=C/N)c1ccc(N2CCCCC2)cc1. The van der Waals surface area contributed by atoms with E-state index in [-0.39, 0.29) is 0 Å². The summed E-state index contributed by atoms with van der Waals surface area (Å²) < 4.78 is 0. The zero-order valence-corrected chi connectivity index (χ0v) is 12.3. The van der Waals surface area contributed by atoms with Crippen LogP contribution in [-0.2, 0) is 0 Å². The second-order valence-electron chi connectivity index (χ2n) is 5.31. The van der Waals surface area contributed by atoms with Gasteiger partial charge in [0.05, 0.1) is 0 Å². The van der Waals surface area contributed by atoms with E-state index in [0.29, 0.717) is 0 Å². The summed E-state index contributed by atoms with van der Waals surface area (Å²) in [7, 11) is 0. The number of piperidine rings is 1. The molecule has 2 heteroatoms. The molecule has 1 heterocycles. The van der Waals surface area contributed by atoms with Crippen LogP contribution in [0.15, 0.2) is 54.8 Å². The minimum Gasteiger partial charge on any atom is -0.404 e. The molecule has 0 unspecified atom stereocenters. The second kappa shape index (κ2) is 6.99. The fourth-order valence-electron chi connectivity index (χ4n) is 2.55. The molecule has 1 fully saturated rings. The molecule has 0 saturated carbocycles. The van der Waals surface area contributed by atoms with Gasteiger partial charge in [-0.05, 0) is 49.5 Å². The molecule has 1 aromatic rings. The van der Waals surface area contributed by atoms with Crippen LogP contribution in [0.1, 0.15) is 31.7 Å². The minimum absolute atomic E-state index is 1.03. The number of benzene rings is 1. The molecule has 0 radical (unpaired) electrons. The van der Waals surface area contributed by atoms with Gasteiger partial charge in [0, 0.05) is 25.0 Å². The number of nitrogens with zero attached hydrogens (tertiary/aromatic N) is 1. The highest BCUT2D eigenvalue weighted by Crippen LogP contribution is 2.23. The van der Waals surface area contributed by atoms with Crippen LogP contribution < -0.4 is 10.6 Å². The molecule has 20 heavy (non-hydrogen) atoms. The standard InChI is InChI=1S/C18H24N2/c1-3-15(2)13-17(14-19)16-7-9-18(10-8-16)20-11-5-4-6-12-20/h3,7-10,13-14H,1,4-6,11-12,19H2,2H3/b15-13-,17-14+. The van der Waals surface area contributed by atoms with Gasteiger partial charge in [-0.3, -0.25) is 0 Å². The van der Waals surface area contributed by atoms with Gasteiger partial charge in [0.1, 0.15) is 0 Å². The van der Waals surface area contributed by atoms with Crippen LogP contribution in [0.3, 0.4) is 0 Å². The Hall–Kier alpha value is -1.96. The van der Waals surface area contributed by atoms with E-state index in [1.807, 2.05) is 13.0 Å². The van der Waals surface area contributed by atoms with Crippen molar-refractivity contribution in [3.63, 3.8) is 0 Å². The van der Waals surface area contributed by atoms with E-state index in [2.05, 4.69) is 41.8 Å². The van der Waals surface area contributed by atoms with E-state index >= 15 is 0 Å². The van der Waals surface area contributed by atoms with E-state index in [9.17, 15) is 0 Å². The van der Waals surface area contributed by atoms with Crippen LogP contribution in [-0.4, -0.2) is 13.1 Å². The maximum atomic E-state index is 5.74. The molecule has 0 aliphatic carbocycles. The first kappa shape index (κ1) is 14.4. The van der Waals surface area contributed by atoms with Crippen molar-refractivity contribution in [1.29, 1.82) is 0 Å². The Kier molecular flexibility index (Phi) is 5.05. The third kappa shape index (κ3) is 3.53. The zero-order valence-electron chi connectivity index (χ0n) is 12.3. The van der Waals surface area contributed by atoms with E-state index in [0.717, 1.165) is 16.7 Å². The van der Waals surface area contributed by atoms with Gasteiger partial charge >= 0.3 is 0 Å². The Labute approximate surface area is 122 Å². The maximum absolute atomic E-state index is 5.74. The number of hydrogen-bond acceptors (Lipinski definition) is 2. The van der Waals surface area contributed by atoms with E-state index in [1.165, 1.54) is 38.0 Å². The average Bonchev–Trinajstić information content (AvgIpc) is 2.53. The van der Waals surface area contributed by atoms with E-state index < -0.39 is 0 Å². The van der Waals surface area contributed by atoms with Gasteiger partial charge in [-0.2, -0.15) is 0 Å². The highest BCUT2D eigenvalue weighted by molar-refractivity contribution is 5.75. The lowest BCUT2D eigenvalue weighted by molar-refractivity contribution is 0.578. The van der Waals surface area contributed by atoms with Gasteiger partial charge in [-0.25, -0.2) is 0 Å². The number of rotatable bonds is 4. The molecule has 1 aliphatic rings. The predicted molar refractivity (Wildman–Crippen MR) is 88.6 cm³/mol. The van der Waals surface area contributed by atoms with E-state index in [1.54, 1.807) is 6.20 Å². The Balaban J connectivity index is 2.16. The van der Waals surface area contributed by atoms with Gasteiger partial charge in [-0.1, -0.05) is 36.4 Å². The van der Waals surface area contributed by atoms with Crippen LogP contribution >= 0.6 is 0 Å². The summed E-state index contributed by atoms with van der Waals surface area (Å²) in [6.07, 6.45) is 9.52. The monoisotopic (exact) mass is 268 g/mol. The minimum atomic E-state index is 1.03. The Morgan fingerprint density at radius 3 is 2.35 bits per heavy atom. The van der Waals surface area contributed by atoms with Crippen molar-refractivity contribution in [2.75, 3.05) is 18.0 Å². The van der Waals surface area contributed by atoms with Crippen molar-refractivity contribution >= 4 is 11.3 Å².